The molecule has 1 saturated heterocycles. The lowest BCUT2D eigenvalue weighted by Crippen LogP contribution is -2.39. The molecule has 0 radical (unpaired) electrons. The van der Waals surface area contributed by atoms with Crippen molar-refractivity contribution >= 4 is 10.8 Å². The van der Waals surface area contributed by atoms with Crippen LogP contribution in [0.1, 0.15) is 70.5 Å². The lowest BCUT2D eigenvalue weighted by molar-refractivity contribution is -0.00130. The number of hydrogen-bond acceptors (Lipinski definition) is 3. The highest BCUT2D eigenvalue weighted by molar-refractivity contribution is 7.86. The summed E-state index contributed by atoms with van der Waals surface area (Å²) < 4.78 is 47.6. The minimum Gasteiger partial charge on any atom is -0.372 e. The maximum absolute atomic E-state index is 14.4. The van der Waals surface area contributed by atoms with E-state index in [-0.39, 0.29) is 22.7 Å². The number of allylic oxidation sites excluding steroid dienone is 1. The fourth-order valence-corrected chi connectivity index (χ4v) is 5.14. The molecule has 30 heavy (non-hydrogen) atoms. The molecule has 3 unspecified atom stereocenters. The lowest BCUT2D eigenvalue weighted by atomic mass is 9.90. The van der Waals surface area contributed by atoms with Crippen LogP contribution in [0, 0.1) is 0 Å². The molecule has 1 aromatic carbocycles. The number of aromatic amines is 1. The Morgan fingerprint density at radius 2 is 2.03 bits per heavy atom. The lowest BCUT2D eigenvalue weighted by Gasteiger charge is -2.37. The van der Waals surface area contributed by atoms with Crippen LogP contribution in [-0.2, 0) is 26.9 Å². The van der Waals surface area contributed by atoms with E-state index in [1.165, 1.54) is 25.1 Å². The van der Waals surface area contributed by atoms with E-state index in [9.17, 15) is 13.0 Å². The molecule has 0 aliphatic carbocycles. The number of halogens is 2. The first kappa shape index (κ1) is 22.8. The summed E-state index contributed by atoms with van der Waals surface area (Å²) in [4.78, 5) is 0.400. The summed E-state index contributed by atoms with van der Waals surface area (Å²) in [6.07, 6.45) is 0.820. The second kappa shape index (κ2) is 8.00. The maximum Gasteiger partial charge on any atom is 0.294 e. The molecule has 1 aliphatic rings. The molecular weight excluding hydrogens is 406 g/mol. The average Bonchev–Trinajstić information content (AvgIpc) is 3.18. The average molecular weight is 437 g/mol. The molecule has 1 aromatic heterocycles. The fraction of sp³-hybridized carbons (Fsp3) is 0.522. The molecule has 0 saturated carbocycles. The first-order chi connectivity index (χ1) is 13.8. The third kappa shape index (κ3) is 4.42. The van der Waals surface area contributed by atoms with Gasteiger partial charge >= 0.3 is 0 Å². The Morgan fingerprint density at radius 3 is 2.63 bits per heavy atom. The van der Waals surface area contributed by atoms with Gasteiger partial charge in [0, 0.05) is 22.5 Å². The zero-order valence-electron chi connectivity index (χ0n) is 18.2. The summed E-state index contributed by atoms with van der Waals surface area (Å²) in [7, 11) is -1.48. The van der Waals surface area contributed by atoms with Crippen molar-refractivity contribution < 1.29 is 17.7 Å². The third-order valence-corrected chi connectivity index (χ3v) is 7.62. The van der Waals surface area contributed by atoms with Crippen molar-refractivity contribution in [3.05, 3.63) is 59.4 Å². The van der Waals surface area contributed by atoms with Crippen molar-refractivity contribution in [2.45, 2.75) is 74.5 Å². The summed E-state index contributed by atoms with van der Waals surface area (Å²) in [6.45, 7) is 13.3. The van der Waals surface area contributed by atoms with Gasteiger partial charge in [-0.05, 0) is 50.5 Å². The molecule has 3 atom stereocenters. The second-order valence-electron chi connectivity index (χ2n) is 9.37. The highest BCUT2D eigenvalue weighted by Gasteiger charge is 2.41. The first-order valence-corrected chi connectivity index (χ1v) is 11.2. The molecule has 0 spiro atoms. The summed E-state index contributed by atoms with van der Waals surface area (Å²) >= 11 is 0. The summed E-state index contributed by atoms with van der Waals surface area (Å²) in [6, 6.07) is 7.87. The van der Waals surface area contributed by atoms with Crippen molar-refractivity contribution in [3.8, 4) is 0 Å². The number of hydrogen-bond donors (Lipinski definition) is 1. The zero-order chi connectivity index (χ0) is 22.3. The molecule has 3 rings (SSSR count). The van der Waals surface area contributed by atoms with Crippen LogP contribution in [-0.4, -0.2) is 25.8 Å². The van der Waals surface area contributed by atoms with Crippen LogP contribution in [0.4, 0.5) is 8.78 Å². The Balaban J connectivity index is 1.85. The standard InChI is InChI=1S/C23H30F2N2O2S/c1-15(2)23(24,25)16-8-7-9-17(12-16)30(28)22(6)10-11-29-19(14-22)18-13-20(27-26-18)21(3,4)5/h7-9,12-13,19H,1,10-11,14H2,2-6H3,(H,26,27). The van der Waals surface area contributed by atoms with Gasteiger partial charge in [0.05, 0.1) is 26.9 Å². The quantitative estimate of drug-likeness (QED) is 0.603. The minimum absolute atomic E-state index is 0.0928. The van der Waals surface area contributed by atoms with Gasteiger partial charge in [-0.1, -0.05) is 39.5 Å². The molecule has 0 amide bonds. The Kier molecular flexibility index (Phi) is 6.09. The molecular formula is C23H30F2N2O2S. The van der Waals surface area contributed by atoms with E-state index in [1.54, 1.807) is 6.07 Å². The number of rotatable bonds is 5. The second-order valence-corrected chi connectivity index (χ2v) is 11.4. The van der Waals surface area contributed by atoms with Crippen LogP contribution in [0.15, 0.2) is 47.4 Å². The number of aromatic nitrogens is 2. The van der Waals surface area contributed by atoms with Crippen molar-refractivity contribution in [2.75, 3.05) is 6.61 Å². The van der Waals surface area contributed by atoms with Gasteiger partial charge in [-0.2, -0.15) is 13.9 Å². The van der Waals surface area contributed by atoms with E-state index in [4.69, 9.17) is 4.74 Å². The fourth-order valence-electron chi connectivity index (χ4n) is 3.56. The number of alkyl halides is 2. The van der Waals surface area contributed by atoms with Crippen LogP contribution in [0.25, 0.3) is 0 Å². The summed E-state index contributed by atoms with van der Waals surface area (Å²) in [5, 5.41) is 7.45. The third-order valence-electron chi connectivity index (χ3n) is 5.67. The molecule has 0 bridgehead atoms. The molecule has 1 N–H and O–H groups in total. The van der Waals surface area contributed by atoms with E-state index >= 15 is 0 Å². The summed E-state index contributed by atoms with van der Waals surface area (Å²) in [5.41, 5.74) is 1.27. The number of H-pyrrole nitrogens is 1. The predicted octanol–water partition coefficient (Wildman–Crippen LogP) is 5.79. The van der Waals surface area contributed by atoms with E-state index in [2.05, 4.69) is 37.5 Å². The van der Waals surface area contributed by atoms with Crippen molar-refractivity contribution in [2.24, 2.45) is 0 Å². The highest BCUT2D eigenvalue weighted by atomic mass is 32.2. The molecule has 7 heteroatoms. The van der Waals surface area contributed by atoms with Crippen LogP contribution in [0.3, 0.4) is 0 Å². The Bertz CT molecular complexity index is 964. The van der Waals surface area contributed by atoms with E-state index in [1.807, 2.05) is 13.0 Å². The monoisotopic (exact) mass is 436 g/mol. The smallest absolute Gasteiger partial charge is 0.294 e. The van der Waals surface area contributed by atoms with Crippen LogP contribution < -0.4 is 0 Å². The van der Waals surface area contributed by atoms with Crippen LogP contribution in [0.5, 0.6) is 0 Å². The van der Waals surface area contributed by atoms with Crippen molar-refractivity contribution in [1.29, 1.82) is 0 Å². The minimum atomic E-state index is -3.15. The van der Waals surface area contributed by atoms with Gasteiger partial charge in [-0.15, -0.1) is 0 Å². The molecule has 1 aliphatic heterocycles. The van der Waals surface area contributed by atoms with Crippen molar-refractivity contribution in [3.63, 3.8) is 0 Å². The topological polar surface area (TPSA) is 55.0 Å². The van der Waals surface area contributed by atoms with Gasteiger partial charge < -0.3 is 4.74 Å². The largest absolute Gasteiger partial charge is 0.372 e. The first-order valence-electron chi connectivity index (χ1n) is 10.1. The van der Waals surface area contributed by atoms with E-state index in [0.29, 0.717) is 24.3 Å². The van der Waals surface area contributed by atoms with E-state index < -0.39 is 21.5 Å². The SMILES string of the molecule is C=C(C)C(F)(F)c1cccc(S(=O)C2(C)CCOC(c3cc(C(C)(C)C)n[nH]3)C2)c1. The number of ether oxygens (including phenoxy) is 1. The number of nitrogens with one attached hydrogen (secondary N) is 1. The number of benzene rings is 1. The molecule has 2 heterocycles. The van der Waals surface area contributed by atoms with Crippen LogP contribution >= 0.6 is 0 Å². The Labute approximate surface area is 179 Å². The molecule has 164 valence electrons. The predicted molar refractivity (Wildman–Crippen MR) is 115 cm³/mol. The van der Waals surface area contributed by atoms with E-state index in [0.717, 1.165) is 11.4 Å². The van der Waals surface area contributed by atoms with Gasteiger partial charge in [0.15, 0.2) is 0 Å². The van der Waals surface area contributed by atoms with Gasteiger partial charge in [0.1, 0.15) is 6.10 Å². The zero-order valence-corrected chi connectivity index (χ0v) is 19.0. The van der Waals surface area contributed by atoms with Gasteiger partial charge in [0.2, 0.25) is 0 Å². The molecule has 2 aromatic rings. The maximum atomic E-state index is 14.4. The van der Waals surface area contributed by atoms with Gasteiger partial charge in [-0.25, -0.2) is 0 Å². The highest BCUT2D eigenvalue weighted by Crippen LogP contribution is 2.41. The number of nitrogens with zero attached hydrogens (tertiary/aromatic N) is 1. The molecule has 1 fully saturated rings. The van der Waals surface area contributed by atoms with Crippen molar-refractivity contribution in [1.82, 2.24) is 10.2 Å². The molecule has 4 nitrogen and oxygen atoms in total. The van der Waals surface area contributed by atoms with Gasteiger partial charge in [0.25, 0.3) is 5.92 Å². The van der Waals surface area contributed by atoms with Gasteiger partial charge in [-0.3, -0.25) is 9.31 Å². The normalized spacial score (nSPS) is 23.9. The summed E-state index contributed by atoms with van der Waals surface area (Å²) in [5.74, 6) is -3.15. The Hall–Kier alpha value is -1.86. The Morgan fingerprint density at radius 1 is 1.33 bits per heavy atom. The van der Waals surface area contributed by atoms with Crippen LogP contribution in [0.2, 0.25) is 0 Å².